The van der Waals surface area contributed by atoms with Gasteiger partial charge in [0, 0.05) is 39.5 Å². The van der Waals surface area contributed by atoms with Gasteiger partial charge < -0.3 is 5.32 Å². The number of anilines is 1. The summed E-state index contributed by atoms with van der Waals surface area (Å²) in [4.78, 5) is 11.7. The average Bonchev–Trinajstić information content (AvgIpc) is 2.47. The van der Waals surface area contributed by atoms with Gasteiger partial charge in [-0.25, -0.2) is 0 Å². The third-order valence-electron chi connectivity index (χ3n) is 2.89. The van der Waals surface area contributed by atoms with Crippen LogP contribution in [-0.4, -0.2) is 11.5 Å². The first-order valence-corrected chi connectivity index (χ1v) is 8.28. The van der Waals surface area contributed by atoms with E-state index < -0.39 is 0 Å². The fourth-order valence-electron chi connectivity index (χ4n) is 1.89. The van der Waals surface area contributed by atoms with E-state index in [1.165, 1.54) is 6.07 Å². The number of hydrogen-bond donors (Lipinski definition) is 1. The van der Waals surface area contributed by atoms with Crippen molar-refractivity contribution >= 4 is 39.1 Å². The van der Waals surface area contributed by atoms with Gasteiger partial charge in [-0.3, -0.25) is 10.1 Å². The van der Waals surface area contributed by atoms with Crippen LogP contribution in [0.3, 0.4) is 0 Å². The molecule has 0 unspecified atom stereocenters. The Kier molecular flexibility index (Phi) is 5.64. The Morgan fingerprint density at radius 1 is 1.29 bits per heavy atom. The SMILES string of the molecule is CCNc1ccc([N+](=O)[O-])cc1CSc1ccccc1Br. The summed E-state index contributed by atoms with van der Waals surface area (Å²) >= 11 is 5.16. The van der Waals surface area contributed by atoms with Crippen molar-refractivity contribution in [3.05, 3.63) is 62.6 Å². The van der Waals surface area contributed by atoms with Crippen LogP contribution in [0.1, 0.15) is 12.5 Å². The van der Waals surface area contributed by atoms with Crippen molar-refractivity contribution in [2.24, 2.45) is 0 Å². The van der Waals surface area contributed by atoms with E-state index in [1.807, 2.05) is 31.2 Å². The van der Waals surface area contributed by atoms with Crippen molar-refractivity contribution in [3.8, 4) is 0 Å². The molecule has 110 valence electrons. The summed E-state index contributed by atoms with van der Waals surface area (Å²) in [5.74, 6) is 0.673. The molecule has 1 N–H and O–H groups in total. The zero-order valence-corrected chi connectivity index (χ0v) is 13.9. The first kappa shape index (κ1) is 15.9. The van der Waals surface area contributed by atoms with Gasteiger partial charge in [-0.2, -0.15) is 0 Å². The van der Waals surface area contributed by atoms with Crippen molar-refractivity contribution in [2.45, 2.75) is 17.6 Å². The molecule has 0 radical (unpaired) electrons. The molecule has 4 nitrogen and oxygen atoms in total. The van der Waals surface area contributed by atoms with Gasteiger partial charge in [-0.05, 0) is 46.6 Å². The number of nitro benzene ring substituents is 1. The van der Waals surface area contributed by atoms with Crippen molar-refractivity contribution < 1.29 is 4.92 Å². The lowest BCUT2D eigenvalue weighted by molar-refractivity contribution is -0.384. The molecule has 0 aliphatic carbocycles. The van der Waals surface area contributed by atoms with Crippen LogP contribution in [0.4, 0.5) is 11.4 Å². The Labute approximate surface area is 136 Å². The van der Waals surface area contributed by atoms with Crippen molar-refractivity contribution in [2.75, 3.05) is 11.9 Å². The van der Waals surface area contributed by atoms with Crippen molar-refractivity contribution in [1.29, 1.82) is 0 Å². The molecule has 0 spiro atoms. The smallest absolute Gasteiger partial charge is 0.269 e. The molecule has 0 amide bonds. The van der Waals surface area contributed by atoms with Crippen molar-refractivity contribution in [1.82, 2.24) is 0 Å². The molecular weight excluding hydrogens is 352 g/mol. The second-order valence-electron chi connectivity index (χ2n) is 4.35. The van der Waals surface area contributed by atoms with Crippen LogP contribution in [0.15, 0.2) is 51.8 Å². The second kappa shape index (κ2) is 7.47. The lowest BCUT2D eigenvalue weighted by Crippen LogP contribution is -2.01. The summed E-state index contributed by atoms with van der Waals surface area (Å²) in [6.07, 6.45) is 0. The van der Waals surface area contributed by atoms with Crippen LogP contribution in [-0.2, 0) is 5.75 Å². The molecular formula is C15H15BrN2O2S. The number of benzene rings is 2. The maximum atomic E-state index is 10.9. The van der Waals surface area contributed by atoms with Gasteiger partial charge in [-0.1, -0.05) is 12.1 Å². The van der Waals surface area contributed by atoms with Gasteiger partial charge in [0.2, 0.25) is 0 Å². The molecule has 0 atom stereocenters. The Bertz CT molecular complexity index is 649. The van der Waals surface area contributed by atoms with E-state index in [1.54, 1.807) is 23.9 Å². The van der Waals surface area contributed by atoms with Gasteiger partial charge in [0.05, 0.1) is 4.92 Å². The Hall–Kier alpha value is -1.53. The number of hydrogen-bond acceptors (Lipinski definition) is 4. The summed E-state index contributed by atoms with van der Waals surface area (Å²) in [5.41, 5.74) is 2.01. The van der Waals surface area contributed by atoms with Crippen LogP contribution in [0, 0.1) is 10.1 Å². The van der Waals surface area contributed by atoms with E-state index >= 15 is 0 Å². The number of thioether (sulfide) groups is 1. The average molecular weight is 367 g/mol. The monoisotopic (exact) mass is 366 g/mol. The summed E-state index contributed by atoms with van der Waals surface area (Å²) in [5, 5.41) is 14.2. The summed E-state index contributed by atoms with van der Waals surface area (Å²) in [6, 6.07) is 12.9. The first-order chi connectivity index (χ1) is 10.1. The lowest BCUT2D eigenvalue weighted by atomic mass is 10.2. The minimum atomic E-state index is -0.359. The third kappa shape index (κ3) is 4.22. The quantitative estimate of drug-likeness (QED) is 0.439. The Morgan fingerprint density at radius 3 is 2.71 bits per heavy atom. The van der Waals surface area contributed by atoms with Crippen LogP contribution < -0.4 is 5.32 Å². The zero-order valence-electron chi connectivity index (χ0n) is 11.5. The number of halogens is 1. The topological polar surface area (TPSA) is 55.2 Å². The Morgan fingerprint density at radius 2 is 2.05 bits per heavy atom. The fraction of sp³-hybridized carbons (Fsp3) is 0.200. The minimum absolute atomic E-state index is 0.124. The largest absolute Gasteiger partial charge is 0.385 e. The van der Waals surface area contributed by atoms with Gasteiger partial charge >= 0.3 is 0 Å². The molecule has 0 saturated carbocycles. The highest BCUT2D eigenvalue weighted by atomic mass is 79.9. The van der Waals surface area contributed by atoms with E-state index in [-0.39, 0.29) is 10.6 Å². The number of nitrogens with zero attached hydrogens (tertiary/aromatic N) is 1. The van der Waals surface area contributed by atoms with Crippen LogP contribution in [0.5, 0.6) is 0 Å². The van der Waals surface area contributed by atoms with E-state index in [0.29, 0.717) is 5.75 Å². The van der Waals surface area contributed by atoms with E-state index in [2.05, 4.69) is 21.2 Å². The Balaban J connectivity index is 2.22. The fourth-order valence-corrected chi connectivity index (χ4v) is 3.45. The molecule has 0 saturated heterocycles. The highest BCUT2D eigenvalue weighted by Crippen LogP contribution is 2.33. The molecule has 21 heavy (non-hydrogen) atoms. The van der Waals surface area contributed by atoms with E-state index in [0.717, 1.165) is 27.2 Å². The summed E-state index contributed by atoms with van der Waals surface area (Å²) < 4.78 is 1.03. The normalized spacial score (nSPS) is 10.4. The predicted molar refractivity (Wildman–Crippen MR) is 91.0 cm³/mol. The summed E-state index contributed by atoms with van der Waals surface area (Å²) in [6.45, 7) is 2.79. The molecule has 6 heteroatoms. The van der Waals surface area contributed by atoms with Gasteiger partial charge in [0.25, 0.3) is 5.69 Å². The molecule has 2 aromatic rings. The number of rotatable bonds is 6. The standard InChI is InChI=1S/C15H15BrN2O2S/c1-2-17-14-8-7-12(18(19)20)9-11(14)10-21-15-6-4-3-5-13(15)16/h3-9,17H,2,10H2,1H3. The lowest BCUT2D eigenvalue weighted by Gasteiger charge is -2.11. The van der Waals surface area contributed by atoms with Crippen molar-refractivity contribution in [3.63, 3.8) is 0 Å². The molecule has 0 aliphatic rings. The highest BCUT2D eigenvalue weighted by Gasteiger charge is 2.11. The number of nitro groups is 1. The van der Waals surface area contributed by atoms with Crippen LogP contribution in [0.2, 0.25) is 0 Å². The van der Waals surface area contributed by atoms with Gasteiger partial charge in [0.15, 0.2) is 0 Å². The molecule has 0 bridgehead atoms. The summed E-state index contributed by atoms with van der Waals surface area (Å²) in [7, 11) is 0. The third-order valence-corrected chi connectivity index (χ3v) is 4.96. The first-order valence-electron chi connectivity index (χ1n) is 6.50. The zero-order chi connectivity index (χ0) is 15.2. The van der Waals surface area contributed by atoms with E-state index in [9.17, 15) is 10.1 Å². The maximum absolute atomic E-state index is 10.9. The van der Waals surface area contributed by atoms with E-state index in [4.69, 9.17) is 0 Å². The number of non-ortho nitro benzene ring substituents is 1. The molecule has 2 aromatic carbocycles. The van der Waals surface area contributed by atoms with Crippen LogP contribution >= 0.6 is 27.7 Å². The highest BCUT2D eigenvalue weighted by molar-refractivity contribution is 9.10. The number of nitrogens with one attached hydrogen (secondary N) is 1. The van der Waals surface area contributed by atoms with Crippen LogP contribution in [0.25, 0.3) is 0 Å². The molecule has 0 fully saturated rings. The molecule has 0 heterocycles. The predicted octanol–water partition coefficient (Wildman–Crippen LogP) is 5.08. The molecule has 0 aromatic heterocycles. The molecule has 2 rings (SSSR count). The maximum Gasteiger partial charge on any atom is 0.269 e. The van der Waals surface area contributed by atoms with Gasteiger partial charge in [0.1, 0.15) is 0 Å². The minimum Gasteiger partial charge on any atom is -0.385 e. The van der Waals surface area contributed by atoms with Gasteiger partial charge in [-0.15, -0.1) is 11.8 Å². The second-order valence-corrected chi connectivity index (χ2v) is 6.22. The molecule has 0 aliphatic heterocycles.